The van der Waals surface area contributed by atoms with Crippen molar-refractivity contribution < 1.29 is 32.6 Å². The molecule has 6 rings (SSSR count). The summed E-state index contributed by atoms with van der Waals surface area (Å²) in [4.78, 5) is 40.4. The van der Waals surface area contributed by atoms with Crippen molar-refractivity contribution >= 4 is 11.8 Å². The summed E-state index contributed by atoms with van der Waals surface area (Å²) in [5.41, 5.74) is -2.39. The molecule has 1 aromatic carbocycles. The Labute approximate surface area is 191 Å². The third-order valence-electron chi connectivity index (χ3n) is 6.81. The average Bonchev–Trinajstić information content (AvgIpc) is 3.04. The molecule has 0 unspecified atom stereocenters. The van der Waals surface area contributed by atoms with Gasteiger partial charge in [-0.15, -0.1) is 0 Å². The van der Waals surface area contributed by atoms with Crippen LogP contribution in [0.25, 0.3) is 0 Å². The van der Waals surface area contributed by atoms with Crippen LogP contribution < -0.4 is 10.7 Å². The van der Waals surface area contributed by atoms with Crippen molar-refractivity contribution in [2.75, 3.05) is 0 Å². The normalized spacial score (nSPS) is 24.3. The van der Waals surface area contributed by atoms with Crippen molar-refractivity contribution in [1.29, 1.82) is 0 Å². The number of aromatic nitrogens is 1. The molecule has 2 saturated heterocycles. The number of nitrogens with one attached hydrogen (secondary N) is 1. The highest BCUT2D eigenvalue weighted by Crippen LogP contribution is 2.37. The first-order valence-corrected chi connectivity index (χ1v) is 11.1. The third kappa shape index (κ3) is 3.54. The summed E-state index contributed by atoms with van der Waals surface area (Å²) in [5.74, 6) is -5.93. The van der Waals surface area contributed by atoms with E-state index in [4.69, 9.17) is 4.74 Å². The minimum absolute atomic E-state index is 0.0118. The van der Waals surface area contributed by atoms with Crippen LogP contribution >= 0.6 is 0 Å². The first-order chi connectivity index (χ1) is 16.2. The van der Waals surface area contributed by atoms with Gasteiger partial charge in [0.15, 0.2) is 17.7 Å². The van der Waals surface area contributed by atoms with Crippen LogP contribution in [-0.2, 0) is 11.3 Å². The largest absolute Gasteiger partial charge is 0.503 e. The number of carbonyl (C=O) groups is 2. The van der Waals surface area contributed by atoms with Crippen LogP contribution in [-0.4, -0.2) is 44.8 Å². The fourth-order valence-electron chi connectivity index (χ4n) is 5.19. The maximum Gasteiger partial charge on any atom is 0.276 e. The quantitative estimate of drug-likeness (QED) is 0.708. The lowest BCUT2D eigenvalue weighted by Crippen LogP contribution is -2.53. The summed E-state index contributed by atoms with van der Waals surface area (Å²) in [7, 11) is 0. The first kappa shape index (κ1) is 22.5. The van der Waals surface area contributed by atoms with Crippen LogP contribution in [0.3, 0.4) is 0 Å². The highest BCUT2D eigenvalue weighted by molar-refractivity contribution is 5.99. The van der Waals surface area contributed by atoms with Gasteiger partial charge in [-0.2, -0.15) is 0 Å². The van der Waals surface area contributed by atoms with Gasteiger partial charge >= 0.3 is 0 Å². The summed E-state index contributed by atoms with van der Waals surface area (Å²) < 4.78 is 48.8. The molecule has 1 aromatic heterocycles. The molecule has 3 aliphatic heterocycles. The summed E-state index contributed by atoms with van der Waals surface area (Å²) in [6, 6.07) is -0.340. The molecule has 2 aromatic rings. The zero-order valence-corrected chi connectivity index (χ0v) is 18.2. The number of fused-ring (bicyclic) bond motifs is 3. The number of amides is 2. The molecule has 2 bridgehead atoms. The standard InChI is InChI=1S/C23H22F3N3O5/c1-10(18-15(25)6-11(24)7-16(18)26)27-22(32)14-8-28-9-17-29(12-2-4-13(34-17)5-3-12)23(33)19(28)21(31)20(14)30/h6-8,10,12-13,17,31H,2-5,9H2,1H3,(H,27,32)/t10-,12?,13?,17-/m1/s1. The predicted molar refractivity (Wildman–Crippen MR) is 112 cm³/mol. The van der Waals surface area contributed by atoms with E-state index in [1.807, 2.05) is 0 Å². The van der Waals surface area contributed by atoms with Crippen LogP contribution in [0.1, 0.15) is 65.1 Å². The number of carbonyl (C=O) groups excluding carboxylic acids is 2. The number of hydrogen-bond donors (Lipinski definition) is 2. The van der Waals surface area contributed by atoms with E-state index in [2.05, 4.69) is 5.32 Å². The second-order valence-electron chi connectivity index (χ2n) is 8.93. The maximum atomic E-state index is 14.1. The number of halogens is 3. The lowest BCUT2D eigenvalue weighted by Gasteiger charge is -2.39. The van der Waals surface area contributed by atoms with Gasteiger partial charge in [0.1, 0.15) is 23.0 Å². The van der Waals surface area contributed by atoms with Crippen LogP contribution in [0.4, 0.5) is 13.2 Å². The molecule has 1 aliphatic carbocycles. The van der Waals surface area contributed by atoms with Gasteiger partial charge in [-0.25, -0.2) is 13.2 Å². The minimum atomic E-state index is -1.26. The topological polar surface area (TPSA) is 101 Å². The smallest absolute Gasteiger partial charge is 0.276 e. The van der Waals surface area contributed by atoms with E-state index >= 15 is 0 Å². The number of benzene rings is 1. The molecule has 180 valence electrons. The van der Waals surface area contributed by atoms with E-state index in [-0.39, 0.29) is 24.4 Å². The van der Waals surface area contributed by atoms with Crippen LogP contribution in [0.2, 0.25) is 0 Å². The molecule has 0 spiro atoms. The van der Waals surface area contributed by atoms with Crippen LogP contribution in [0.5, 0.6) is 5.75 Å². The van der Waals surface area contributed by atoms with E-state index in [1.54, 1.807) is 4.90 Å². The highest BCUT2D eigenvalue weighted by atomic mass is 19.1. The molecular weight excluding hydrogens is 455 g/mol. The van der Waals surface area contributed by atoms with Crippen molar-refractivity contribution in [3.63, 3.8) is 0 Å². The molecule has 4 heterocycles. The maximum absolute atomic E-state index is 14.1. The number of aromatic hydroxyl groups is 1. The van der Waals surface area contributed by atoms with Gasteiger partial charge in [0.25, 0.3) is 11.8 Å². The van der Waals surface area contributed by atoms with Crippen molar-refractivity contribution in [3.05, 3.63) is 62.8 Å². The number of nitrogens with zero attached hydrogens (tertiary/aromatic N) is 2. The lowest BCUT2D eigenvalue weighted by atomic mass is 9.92. The zero-order chi connectivity index (χ0) is 24.3. The SMILES string of the molecule is C[C@@H](NC(=O)c1cn2c(c(O)c1=O)C(=O)N1C3CCC(CC3)O[C@@H]1C2)c1c(F)cc(F)cc1F. The average molecular weight is 477 g/mol. The first-order valence-electron chi connectivity index (χ1n) is 11.1. The van der Waals surface area contributed by atoms with Gasteiger partial charge in [0.2, 0.25) is 5.43 Å². The van der Waals surface area contributed by atoms with Gasteiger partial charge in [0.05, 0.1) is 18.7 Å². The molecule has 0 radical (unpaired) electrons. The zero-order valence-electron chi connectivity index (χ0n) is 18.2. The molecule has 8 nitrogen and oxygen atoms in total. The van der Waals surface area contributed by atoms with Crippen molar-refractivity contribution in [2.45, 2.75) is 63.6 Å². The summed E-state index contributed by atoms with van der Waals surface area (Å²) in [6.07, 6.45) is 3.72. The Bertz CT molecular complexity index is 1230. The van der Waals surface area contributed by atoms with Crippen LogP contribution in [0, 0.1) is 17.5 Å². The minimum Gasteiger partial charge on any atom is -0.503 e. The summed E-state index contributed by atoms with van der Waals surface area (Å²) >= 11 is 0. The Morgan fingerprint density at radius 1 is 1.15 bits per heavy atom. The van der Waals surface area contributed by atoms with Crippen molar-refractivity contribution in [3.8, 4) is 5.75 Å². The fourth-order valence-corrected chi connectivity index (χ4v) is 5.19. The number of rotatable bonds is 3. The third-order valence-corrected chi connectivity index (χ3v) is 6.81. The molecule has 1 saturated carbocycles. The van der Waals surface area contributed by atoms with E-state index in [0.717, 1.165) is 31.9 Å². The van der Waals surface area contributed by atoms with Crippen LogP contribution in [0.15, 0.2) is 23.1 Å². The molecule has 2 atom stereocenters. The van der Waals surface area contributed by atoms with Gasteiger partial charge < -0.3 is 24.6 Å². The Morgan fingerprint density at radius 3 is 2.44 bits per heavy atom. The molecule has 3 fully saturated rings. The van der Waals surface area contributed by atoms with E-state index in [1.165, 1.54) is 11.5 Å². The van der Waals surface area contributed by atoms with Gasteiger partial charge in [-0.3, -0.25) is 14.4 Å². The lowest BCUT2D eigenvalue weighted by molar-refractivity contribution is -0.0799. The number of ether oxygens (including phenoxy) is 1. The molecule has 2 amide bonds. The van der Waals surface area contributed by atoms with E-state index < -0.39 is 63.8 Å². The second kappa shape index (κ2) is 8.15. The molecule has 34 heavy (non-hydrogen) atoms. The number of hydrogen-bond acceptors (Lipinski definition) is 5. The van der Waals surface area contributed by atoms with E-state index in [0.29, 0.717) is 12.1 Å². The summed E-state index contributed by atoms with van der Waals surface area (Å²) in [6.45, 7) is 1.38. The molecule has 4 aliphatic rings. The monoisotopic (exact) mass is 477 g/mol. The highest BCUT2D eigenvalue weighted by Gasteiger charge is 2.45. The Kier molecular flexibility index (Phi) is 5.38. The number of pyridine rings is 1. The second-order valence-corrected chi connectivity index (χ2v) is 8.93. The van der Waals surface area contributed by atoms with Gasteiger partial charge in [-0.1, -0.05) is 0 Å². The molecule has 2 N–H and O–H groups in total. The summed E-state index contributed by atoms with van der Waals surface area (Å²) in [5, 5.41) is 12.9. The molecular formula is C23H22F3N3O5. The van der Waals surface area contributed by atoms with Crippen molar-refractivity contribution in [2.24, 2.45) is 0 Å². The van der Waals surface area contributed by atoms with Gasteiger partial charge in [0, 0.05) is 29.9 Å². The predicted octanol–water partition coefficient (Wildman–Crippen LogP) is 2.59. The van der Waals surface area contributed by atoms with Crippen molar-refractivity contribution in [1.82, 2.24) is 14.8 Å². The Hall–Kier alpha value is -3.34. The Balaban J connectivity index is 1.47. The fraction of sp³-hybridized carbons (Fsp3) is 0.435. The Morgan fingerprint density at radius 2 is 1.79 bits per heavy atom. The molecule has 11 heteroatoms. The van der Waals surface area contributed by atoms with Gasteiger partial charge in [-0.05, 0) is 32.6 Å². The van der Waals surface area contributed by atoms with E-state index in [9.17, 15) is 32.7 Å².